The minimum Gasteiger partial charge on any atom is -0.494 e. The number of thiazole rings is 1. The van der Waals surface area contributed by atoms with Crippen LogP contribution in [-0.4, -0.2) is 49.6 Å². The van der Waals surface area contributed by atoms with Crippen LogP contribution in [0.15, 0.2) is 36.4 Å². The van der Waals surface area contributed by atoms with Gasteiger partial charge in [0.2, 0.25) is 0 Å². The molecule has 1 amide bonds. The Hall–Kier alpha value is -2.86. The molecule has 2 aromatic carbocycles. The Morgan fingerprint density at radius 1 is 0.971 bits per heavy atom. The van der Waals surface area contributed by atoms with E-state index in [9.17, 15) is 31.1 Å². The molecule has 0 unspecified atom stereocenters. The van der Waals surface area contributed by atoms with Crippen molar-refractivity contribution in [3.05, 3.63) is 53.1 Å². The van der Waals surface area contributed by atoms with Crippen LogP contribution in [0.1, 0.15) is 28.4 Å². The zero-order chi connectivity index (χ0) is 25.3. The number of hydrogen-bond donors (Lipinski definition) is 0. The van der Waals surface area contributed by atoms with E-state index >= 15 is 0 Å². The summed E-state index contributed by atoms with van der Waals surface area (Å²) in [4.78, 5) is 20.5. The fourth-order valence-electron chi connectivity index (χ4n) is 3.08. The van der Waals surface area contributed by atoms with Crippen LogP contribution in [0.4, 0.5) is 31.5 Å². The van der Waals surface area contributed by atoms with E-state index in [1.54, 1.807) is 37.2 Å². The van der Waals surface area contributed by atoms with Crippen molar-refractivity contribution in [3.63, 3.8) is 0 Å². The normalized spacial score (nSPS) is 12.4. The highest BCUT2D eigenvalue weighted by Crippen LogP contribution is 2.37. The Morgan fingerprint density at radius 2 is 1.59 bits per heavy atom. The van der Waals surface area contributed by atoms with Crippen molar-refractivity contribution in [3.8, 4) is 5.75 Å². The third kappa shape index (κ3) is 5.98. The van der Waals surface area contributed by atoms with Gasteiger partial charge in [-0.3, -0.25) is 9.69 Å². The molecule has 0 aliphatic rings. The number of anilines is 1. The van der Waals surface area contributed by atoms with Gasteiger partial charge in [-0.05, 0) is 57.4 Å². The first-order valence-corrected chi connectivity index (χ1v) is 10.9. The van der Waals surface area contributed by atoms with Crippen LogP contribution in [-0.2, 0) is 12.4 Å². The molecule has 0 N–H and O–H groups in total. The fourth-order valence-corrected chi connectivity index (χ4v) is 4.10. The first-order valence-electron chi connectivity index (χ1n) is 10.1. The lowest BCUT2D eigenvalue weighted by Gasteiger charge is -2.23. The Balaban J connectivity index is 2.09. The SMILES string of the molecule is CCOc1ccc2nc(N(CCN(C)C)C(=O)c3cc(C(F)(F)F)cc(C(F)(F)F)c3)sc2c1. The van der Waals surface area contributed by atoms with Crippen LogP contribution in [0.3, 0.4) is 0 Å². The number of hydrogen-bond acceptors (Lipinski definition) is 5. The number of ether oxygens (including phenoxy) is 1. The molecule has 0 saturated heterocycles. The standard InChI is InChI=1S/C22H21F6N3O2S/c1-4-33-16-5-6-17-18(12-16)34-20(29-17)31(8-7-30(2)3)19(32)13-9-14(21(23,24)25)11-15(10-13)22(26,27)28/h5-6,9-12H,4,7-8H2,1-3H3. The quantitative estimate of drug-likeness (QED) is 0.373. The maximum absolute atomic E-state index is 13.3. The number of amides is 1. The summed E-state index contributed by atoms with van der Waals surface area (Å²) in [5.74, 6) is -0.438. The Kier molecular flexibility index (Phi) is 7.41. The molecule has 12 heteroatoms. The first kappa shape index (κ1) is 25.8. The molecule has 0 saturated carbocycles. The van der Waals surface area contributed by atoms with Crippen molar-refractivity contribution < 1.29 is 35.9 Å². The number of benzene rings is 2. The molecule has 0 bridgehead atoms. The highest BCUT2D eigenvalue weighted by Gasteiger charge is 2.38. The van der Waals surface area contributed by atoms with Crippen LogP contribution in [0.25, 0.3) is 10.2 Å². The van der Waals surface area contributed by atoms with Crippen LogP contribution in [0, 0.1) is 0 Å². The monoisotopic (exact) mass is 505 g/mol. The smallest absolute Gasteiger partial charge is 0.416 e. The molecule has 0 radical (unpaired) electrons. The van der Waals surface area contributed by atoms with Gasteiger partial charge in [0, 0.05) is 18.7 Å². The van der Waals surface area contributed by atoms with Crippen molar-refractivity contribution in [2.45, 2.75) is 19.3 Å². The molecular formula is C22H21F6N3O2S. The van der Waals surface area contributed by atoms with E-state index in [1.165, 1.54) is 0 Å². The van der Waals surface area contributed by atoms with E-state index in [4.69, 9.17) is 4.74 Å². The number of halogens is 6. The first-order chi connectivity index (χ1) is 15.8. The number of carbonyl (C=O) groups excluding carboxylic acids is 1. The molecule has 0 aliphatic carbocycles. The summed E-state index contributed by atoms with van der Waals surface area (Å²) in [6, 6.07) is 5.92. The molecule has 0 fully saturated rings. The predicted molar refractivity (Wildman–Crippen MR) is 117 cm³/mol. The Morgan fingerprint density at radius 3 is 2.12 bits per heavy atom. The van der Waals surface area contributed by atoms with E-state index in [0.717, 1.165) is 16.2 Å². The molecule has 5 nitrogen and oxygen atoms in total. The minimum atomic E-state index is -5.06. The lowest BCUT2D eigenvalue weighted by Crippen LogP contribution is -2.37. The van der Waals surface area contributed by atoms with Gasteiger partial charge in [-0.2, -0.15) is 26.3 Å². The number of rotatable bonds is 7. The van der Waals surface area contributed by atoms with Crippen molar-refractivity contribution in [2.75, 3.05) is 38.7 Å². The van der Waals surface area contributed by atoms with Crippen molar-refractivity contribution in [1.82, 2.24) is 9.88 Å². The maximum atomic E-state index is 13.3. The van der Waals surface area contributed by atoms with E-state index in [-0.39, 0.29) is 17.7 Å². The largest absolute Gasteiger partial charge is 0.494 e. The van der Waals surface area contributed by atoms with Gasteiger partial charge < -0.3 is 9.64 Å². The molecular weight excluding hydrogens is 484 g/mol. The van der Waals surface area contributed by atoms with Gasteiger partial charge in [-0.25, -0.2) is 4.98 Å². The van der Waals surface area contributed by atoms with Gasteiger partial charge in [-0.15, -0.1) is 0 Å². The van der Waals surface area contributed by atoms with Gasteiger partial charge in [0.05, 0.1) is 28.0 Å². The molecule has 0 aliphatic heterocycles. The summed E-state index contributed by atoms with van der Waals surface area (Å²) in [5.41, 5.74) is -3.31. The summed E-state index contributed by atoms with van der Waals surface area (Å²) < 4.78 is 85.9. The second kappa shape index (κ2) is 9.79. The molecule has 1 aromatic heterocycles. The predicted octanol–water partition coefficient (Wildman–Crippen LogP) is 5.94. The molecule has 1 heterocycles. The zero-order valence-corrected chi connectivity index (χ0v) is 19.2. The summed E-state index contributed by atoms with van der Waals surface area (Å²) in [7, 11) is 3.45. The summed E-state index contributed by atoms with van der Waals surface area (Å²) in [6.07, 6.45) is -10.1. The second-order valence-corrected chi connectivity index (χ2v) is 8.62. The van der Waals surface area contributed by atoms with E-state index in [2.05, 4.69) is 4.98 Å². The number of aromatic nitrogens is 1. The summed E-state index contributed by atoms with van der Waals surface area (Å²) in [6.45, 7) is 2.55. The van der Waals surface area contributed by atoms with E-state index in [1.807, 2.05) is 6.92 Å². The third-order valence-electron chi connectivity index (χ3n) is 4.74. The Labute approximate surface area is 195 Å². The minimum absolute atomic E-state index is 0.00156. The Bertz CT molecular complexity index is 1140. The number of nitrogens with zero attached hydrogens (tertiary/aromatic N) is 3. The average molecular weight is 505 g/mol. The van der Waals surface area contributed by atoms with Crippen LogP contribution < -0.4 is 9.64 Å². The van der Waals surface area contributed by atoms with Crippen molar-refractivity contribution in [2.24, 2.45) is 0 Å². The maximum Gasteiger partial charge on any atom is 0.416 e. The molecule has 184 valence electrons. The van der Waals surface area contributed by atoms with Gasteiger partial charge in [-0.1, -0.05) is 11.3 Å². The fraction of sp³-hybridized carbons (Fsp3) is 0.364. The summed E-state index contributed by atoms with van der Waals surface area (Å²) in [5, 5.41) is 0.154. The van der Waals surface area contributed by atoms with Crippen molar-refractivity contribution >= 4 is 32.6 Å². The van der Waals surface area contributed by atoms with Gasteiger partial charge in [0.15, 0.2) is 5.13 Å². The van der Waals surface area contributed by atoms with Crippen LogP contribution >= 0.6 is 11.3 Å². The van der Waals surface area contributed by atoms with E-state index in [0.29, 0.717) is 41.3 Å². The van der Waals surface area contributed by atoms with Crippen molar-refractivity contribution in [1.29, 1.82) is 0 Å². The van der Waals surface area contributed by atoms with Gasteiger partial charge >= 0.3 is 12.4 Å². The average Bonchev–Trinajstić information content (AvgIpc) is 3.15. The number of likely N-dealkylation sites (N-methyl/N-ethyl adjacent to an activating group) is 1. The molecule has 3 aromatic rings. The van der Waals surface area contributed by atoms with E-state index < -0.39 is 35.0 Å². The lowest BCUT2D eigenvalue weighted by molar-refractivity contribution is -0.143. The topological polar surface area (TPSA) is 45.7 Å². The number of fused-ring (bicyclic) bond motifs is 1. The number of alkyl halides is 6. The highest BCUT2D eigenvalue weighted by molar-refractivity contribution is 7.22. The van der Waals surface area contributed by atoms with Gasteiger partial charge in [0.1, 0.15) is 5.75 Å². The number of carbonyl (C=O) groups is 1. The lowest BCUT2D eigenvalue weighted by atomic mass is 10.0. The molecule has 0 atom stereocenters. The third-order valence-corrected chi connectivity index (χ3v) is 5.78. The highest BCUT2D eigenvalue weighted by atomic mass is 32.1. The molecule has 0 spiro atoms. The molecule has 3 rings (SSSR count). The van der Waals surface area contributed by atoms with Crippen LogP contribution in [0.2, 0.25) is 0 Å². The van der Waals surface area contributed by atoms with Gasteiger partial charge in [0.25, 0.3) is 5.91 Å². The van der Waals surface area contributed by atoms with Crippen LogP contribution in [0.5, 0.6) is 5.75 Å². The summed E-state index contributed by atoms with van der Waals surface area (Å²) >= 11 is 1.09. The zero-order valence-electron chi connectivity index (χ0n) is 18.4. The second-order valence-electron chi connectivity index (χ2n) is 7.61. The molecule has 34 heavy (non-hydrogen) atoms.